The van der Waals surface area contributed by atoms with Gasteiger partial charge in [-0.1, -0.05) is 385 Å². The fourth-order valence-corrected chi connectivity index (χ4v) is 12.7. The first-order valence-electron chi connectivity index (χ1n) is 38.3. The maximum atomic E-state index is 12.8. The zero-order chi connectivity index (χ0) is 62.3. The molecule has 10 heteroatoms. The Labute approximate surface area is 535 Å². The van der Waals surface area contributed by atoms with Gasteiger partial charge in [0.1, 0.15) is 6.61 Å². The van der Waals surface area contributed by atoms with Gasteiger partial charge in [-0.05, 0) is 44.9 Å². The minimum absolute atomic E-state index is 0.0571. The van der Waals surface area contributed by atoms with Crippen molar-refractivity contribution in [3.63, 3.8) is 0 Å². The van der Waals surface area contributed by atoms with E-state index in [2.05, 4.69) is 38.2 Å². The summed E-state index contributed by atoms with van der Waals surface area (Å²) >= 11 is 0. The van der Waals surface area contributed by atoms with Crippen LogP contribution in [0.15, 0.2) is 24.3 Å². The molecule has 86 heavy (non-hydrogen) atoms. The lowest BCUT2D eigenvalue weighted by Gasteiger charge is -2.19. The van der Waals surface area contributed by atoms with Crippen LogP contribution < -0.4 is 5.73 Å². The van der Waals surface area contributed by atoms with Gasteiger partial charge in [0.25, 0.3) is 0 Å². The second kappa shape index (κ2) is 72.6. The molecule has 0 radical (unpaired) electrons. The number of ether oxygens (including phenoxy) is 2. The lowest BCUT2D eigenvalue weighted by atomic mass is 10.0. The van der Waals surface area contributed by atoms with Crippen LogP contribution in [0, 0.1) is 0 Å². The smallest absolute Gasteiger partial charge is 0.462 e. The lowest BCUT2D eigenvalue weighted by Crippen LogP contribution is -2.29. The first-order chi connectivity index (χ1) is 42.3. The third-order valence-electron chi connectivity index (χ3n) is 17.6. The standard InChI is InChI=1S/C76H148NO8P/c1-3-5-7-9-11-13-15-17-19-21-23-25-27-29-31-33-35-36-37-39-40-42-44-46-48-50-52-54-56-58-60-62-64-66-68-75(78)82-72-74(73-84-86(80,81)83-71-70-77)85-76(79)69-67-65-63-61-59-57-55-53-51-49-47-45-43-41-38-34-32-30-28-26-24-22-20-18-16-14-12-10-8-6-4-2/h16,18,22,24,74H,3-15,17,19-21,23,25-73,77H2,1-2H3,(H,80,81)/b18-16-,24-22-. The van der Waals surface area contributed by atoms with Crippen molar-refractivity contribution in [2.24, 2.45) is 5.73 Å². The molecule has 0 saturated heterocycles. The summed E-state index contributed by atoms with van der Waals surface area (Å²) in [5.41, 5.74) is 5.41. The van der Waals surface area contributed by atoms with Crippen LogP contribution in [0.2, 0.25) is 0 Å². The van der Waals surface area contributed by atoms with Crippen molar-refractivity contribution in [2.45, 2.75) is 424 Å². The molecule has 0 aromatic heterocycles. The SMILES string of the molecule is CCCCCCC/C=C\C/C=C\CCCCCCCCCCCCCCCCCCCCCC(=O)OC(COC(=O)CCCCCCCCCCCCCCCCCCCCCCCCCCCCCCCCCCCC)COP(=O)(O)OCCN. The molecular weight excluding hydrogens is 1090 g/mol. The lowest BCUT2D eigenvalue weighted by molar-refractivity contribution is -0.161. The molecule has 0 spiro atoms. The molecule has 2 unspecified atom stereocenters. The molecule has 0 aliphatic carbocycles. The molecule has 0 aromatic rings. The van der Waals surface area contributed by atoms with E-state index in [0.717, 1.165) is 38.5 Å². The summed E-state index contributed by atoms with van der Waals surface area (Å²) in [6.45, 7) is 3.83. The van der Waals surface area contributed by atoms with Crippen LogP contribution in [0.5, 0.6) is 0 Å². The Kier molecular flexibility index (Phi) is 71.3. The molecular formula is C76H148NO8P. The Bertz CT molecular complexity index is 1460. The number of carbonyl (C=O) groups excluding carboxylic acids is 2. The Morgan fingerprint density at radius 3 is 0.884 bits per heavy atom. The highest BCUT2D eigenvalue weighted by molar-refractivity contribution is 7.47. The van der Waals surface area contributed by atoms with Gasteiger partial charge >= 0.3 is 19.8 Å². The van der Waals surface area contributed by atoms with Gasteiger partial charge in [-0.2, -0.15) is 0 Å². The molecule has 3 N–H and O–H groups in total. The summed E-state index contributed by atoms with van der Waals surface area (Å²) in [5, 5.41) is 0. The number of phosphoric ester groups is 1. The minimum Gasteiger partial charge on any atom is -0.462 e. The molecule has 0 aromatic carbocycles. The summed E-state index contributed by atoms with van der Waals surface area (Å²) in [6, 6.07) is 0. The van der Waals surface area contributed by atoms with Crippen molar-refractivity contribution in [3.05, 3.63) is 24.3 Å². The highest BCUT2D eigenvalue weighted by Gasteiger charge is 2.26. The topological polar surface area (TPSA) is 134 Å². The molecule has 0 aliphatic heterocycles. The first kappa shape index (κ1) is 84.5. The summed E-state index contributed by atoms with van der Waals surface area (Å²) in [5.74, 6) is -0.800. The number of hydrogen-bond donors (Lipinski definition) is 2. The normalized spacial score (nSPS) is 12.9. The number of unbranched alkanes of at least 4 members (excludes halogenated alkanes) is 57. The van der Waals surface area contributed by atoms with Crippen LogP contribution in [0.1, 0.15) is 418 Å². The van der Waals surface area contributed by atoms with Crippen LogP contribution in [-0.2, 0) is 32.7 Å². The summed E-state index contributed by atoms with van der Waals surface area (Å²) in [6.07, 6.45) is 90.3. The van der Waals surface area contributed by atoms with Crippen LogP contribution in [0.25, 0.3) is 0 Å². The van der Waals surface area contributed by atoms with E-state index in [4.69, 9.17) is 24.3 Å². The van der Waals surface area contributed by atoms with Crippen molar-refractivity contribution in [3.8, 4) is 0 Å². The third-order valence-corrected chi connectivity index (χ3v) is 18.6. The van der Waals surface area contributed by atoms with Crippen molar-refractivity contribution < 1.29 is 37.6 Å². The van der Waals surface area contributed by atoms with E-state index in [0.29, 0.717) is 6.42 Å². The van der Waals surface area contributed by atoms with Crippen LogP contribution in [0.3, 0.4) is 0 Å². The predicted octanol–water partition coefficient (Wildman–Crippen LogP) is 25.3. The van der Waals surface area contributed by atoms with Crippen molar-refractivity contribution in [1.82, 2.24) is 0 Å². The highest BCUT2D eigenvalue weighted by Crippen LogP contribution is 2.43. The Hall–Kier alpha value is -1.51. The second-order valence-corrected chi connectivity index (χ2v) is 27.7. The zero-order valence-electron chi connectivity index (χ0n) is 57.6. The Balaban J connectivity index is 3.76. The monoisotopic (exact) mass is 1230 g/mol. The van der Waals surface area contributed by atoms with Gasteiger partial charge < -0.3 is 20.1 Å². The second-order valence-electron chi connectivity index (χ2n) is 26.2. The quantitative estimate of drug-likeness (QED) is 0.0264. The number of rotatable bonds is 74. The third kappa shape index (κ3) is 71.6. The van der Waals surface area contributed by atoms with E-state index in [1.54, 1.807) is 0 Å². The van der Waals surface area contributed by atoms with Gasteiger partial charge in [0, 0.05) is 19.4 Å². The molecule has 2 atom stereocenters. The number of allylic oxidation sites excluding steroid dienone is 4. The van der Waals surface area contributed by atoms with Crippen LogP contribution in [-0.4, -0.2) is 49.3 Å². The molecule has 510 valence electrons. The highest BCUT2D eigenvalue weighted by atomic mass is 31.2. The molecule has 0 rings (SSSR count). The first-order valence-corrected chi connectivity index (χ1v) is 39.8. The number of esters is 2. The average molecular weight is 1230 g/mol. The molecule has 0 heterocycles. The van der Waals surface area contributed by atoms with Gasteiger partial charge in [-0.15, -0.1) is 0 Å². The fraction of sp³-hybridized carbons (Fsp3) is 0.921. The van der Waals surface area contributed by atoms with Crippen molar-refractivity contribution in [2.75, 3.05) is 26.4 Å². The van der Waals surface area contributed by atoms with Crippen molar-refractivity contribution in [1.29, 1.82) is 0 Å². The summed E-state index contributed by atoms with van der Waals surface area (Å²) < 4.78 is 33.3. The average Bonchev–Trinajstić information content (AvgIpc) is 3.58. The van der Waals surface area contributed by atoms with Crippen LogP contribution in [0.4, 0.5) is 0 Å². The van der Waals surface area contributed by atoms with E-state index < -0.39 is 26.5 Å². The number of hydrogen-bond acceptors (Lipinski definition) is 8. The van der Waals surface area contributed by atoms with Gasteiger partial charge in [-0.3, -0.25) is 18.6 Å². The molecule has 0 amide bonds. The van der Waals surface area contributed by atoms with Crippen molar-refractivity contribution >= 4 is 19.8 Å². The Morgan fingerprint density at radius 1 is 0.349 bits per heavy atom. The van der Waals surface area contributed by atoms with E-state index in [1.165, 1.54) is 347 Å². The predicted molar refractivity (Wildman–Crippen MR) is 372 cm³/mol. The fourth-order valence-electron chi connectivity index (χ4n) is 11.9. The molecule has 0 aliphatic rings. The molecule has 0 fully saturated rings. The Morgan fingerprint density at radius 2 is 0.605 bits per heavy atom. The van der Waals surface area contributed by atoms with E-state index in [1.807, 2.05) is 0 Å². The summed E-state index contributed by atoms with van der Waals surface area (Å²) in [7, 11) is -4.39. The van der Waals surface area contributed by atoms with Gasteiger partial charge in [0.05, 0.1) is 13.2 Å². The number of phosphoric acid groups is 1. The molecule has 0 bridgehead atoms. The zero-order valence-corrected chi connectivity index (χ0v) is 58.5. The maximum Gasteiger partial charge on any atom is 0.472 e. The van der Waals surface area contributed by atoms with Gasteiger partial charge in [-0.25, -0.2) is 4.57 Å². The number of carbonyl (C=O) groups is 2. The van der Waals surface area contributed by atoms with Gasteiger partial charge in [0.15, 0.2) is 6.10 Å². The molecule has 0 saturated carbocycles. The van der Waals surface area contributed by atoms with E-state index in [9.17, 15) is 19.0 Å². The van der Waals surface area contributed by atoms with Crippen LogP contribution >= 0.6 is 7.82 Å². The minimum atomic E-state index is -4.39. The van der Waals surface area contributed by atoms with E-state index >= 15 is 0 Å². The van der Waals surface area contributed by atoms with E-state index in [-0.39, 0.29) is 38.6 Å². The largest absolute Gasteiger partial charge is 0.472 e. The maximum absolute atomic E-state index is 12.8. The summed E-state index contributed by atoms with van der Waals surface area (Å²) in [4.78, 5) is 35.4. The molecule has 9 nitrogen and oxygen atoms in total. The number of nitrogens with two attached hydrogens (primary N) is 1. The van der Waals surface area contributed by atoms with Gasteiger partial charge in [0.2, 0.25) is 0 Å².